The average Bonchev–Trinajstić information content (AvgIpc) is 3.14. The molecule has 0 saturated carbocycles. The van der Waals surface area contributed by atoms with Gasteiger partial charge in [0.15, 0.2) is 0 Å². The largest absolute Gasteiger partial charge is 0.489 e. The molecule has 0 fully saturated rings. The van der Waals surface area contributed by atoms with Crippen LogP contribution in [0.1, 0.15) is 24.1 Å². The van der Waals surface area contributed by atoms with Gasteiger partial charge in [-0.15, -0.1) is 0 Å². The highest BCUT2D eigenvalue weighted by Crippen LogP contribution is 2.34. The van der Waals surface area contributed by atoms with Gasteiger partial charge in [0, 0.05) is 11.3 Å². The molecule has 2 heterocycles. The SMILES string of the molecule is CC1=C(C(N)=O)C(c2ccc(OCc3ccccc3F)cc2)n2ncnc2N1. The van der Waals surface area contributed by atoms with Crippen LogP contribution >= 0.6 is 0 Å². The molecular formula is C20H18FN5O2. The molecule has 1 amide bonds. The third-order valence-electron chi connectivity index (χ3n) is 4.61. The van der Waals surface area contributed by atoms with E-state index in [-0.39, 0.29) is 12.4 Å². The van der Waals surface area contributed by atoms with Crippen molar-refractivity contribution in [2.24, 2.45) is 5.73 Å². The summed E-state index contributed by atoms with van der Waals surface area (Å²) in [5.74, 6) is 0.281. The van der Waals surface area contributed by atoms with Crippen LogP contribution in [0.5, 0.6) is 5.75 Å². The highest BCUT2D eigenvalue weighted by atomic mass is 19.1. The summed E-state index contributed by atoms with van der Waals surface area (Å²) in [6.07, 6.45) is 1.42. The van der Waals surface area contributed by atoms with Crippen molar-refractivity contribution in [1.82, 2.24) is 14.8 Å². The van der Waals surface area contributed by atoms with E-state index >= 15 is 0 Å². The Bertz CT molecular complexity index is 1060. The number of allylic oxidation sites excluding steroid dienone is 1. The molecular weight excluding hydrogens is 361 g/mol. The summed E-state index contributed by atoms with van der Waals surface area (Å²) in [5, 5.41) is 7.25. The van der Waals surface area contributed by atoms with Crippen LogP contribution in [0, 0.1) is 5.82 Å². The third-order valence-corrected chi connectivity index (χ3v) is 4.61. The first-order valence-electron chi connectivity index (χ1n) is 8.68. The number of primary amides is 1. The van der Waals surface area contributed by atoms with Gasteiger partial charge in [-0.3, -0.25) is 4.79 Å². The Labute approximate surface area is 160 Å². The fourth-order valence-electron chi connectivity index (χ4n) is 3.24. The van der Waals surface area contributed by atoms with Crippen molar-refractivity contribution in [3.8, 4) is 5.75 Å². The molecule has 2 aromatic carbocycles. The summed E-state index contributed by atoms with van der Waals surface area (Å²) < 4.78 is 21.0. The van der Waals surface area contributed by atoms with Crippen LogP contribution in [0.25, 0.3) is 0 Å². The number of halogens is 1. The predicted molar refractivity (Wildman–Crippen MR) is 101 cm³/mol. The minimum Gasteiger partial charge on any atom is -0.489 e. The number of fused-ring (bicyclic) bond motifs is 1. The van der Waals surface area contributed by atoms with Crippen molar-refractivity contribution in [3.05, 3.63) is 83.1 Å². The highest BCUT2D eigenvalue weighted by Gasteiger charge is 2.32. The van der Waals surface area contributed by atoms with Gasteiger partial charge in [-0.25, -0.2) is 9.07 Å². The molecule has 1 unspecified atom stereocenters. The summed E-state index contributed by atoms with van der Waals surface area (Å²) in [5.41, 5.74) is 7.94. The molecule has 0 aliphatic carbocycles. The molecule has 1 aliphatic rings. The summed E-state index contributed by atoms with van der Waals surface area (Å²) in [6, 6.07) is 13.2. The molecule has 0 spiro atoms. The molecule has 3 aromatic rings. The van der Waals surface area contributed by atoms with Crippen LogP contribution in [0.15, 0.2) is 66.1 Å². The van der Waals surface area contributed by atoms with E-state index < -0.39 is 11.9 Å². The number of hydrogen-bond acceptors (Lipinski definition) is 5. The monoisotopic (exact) mass is 379 g/mol. The lowest BCUT2D eigenvalue weighted by molar-refractivity contribution is -0.115. The fraction of sp³-hybridized carbons (Fsp3) is 0.150. The number of nitrogens with zero attached hydrogens (tertiary/aromatic N) is 3. The van der Waals surface area contributed by atoms with Gasteiger partial charge in [0.25, 0.3) is 0 Å². The van der Waals surface area contributed by atoms with Gasteiger partial charge in [-0.05, 0) is 30.7 Å². The summed E-state index contributed by atoms with van der Waals surface area (Å²) in [4.78, 5) is 16.2. The number of carbonyl (C=O) groups excluding carboxylic acids is 1. The van der Waals surface area contributed by atoms with E-state index in [0.29, 0.717) is 28.5 Å². The Morgan fingerprint density at radius 1 is 1.25 bits per heavy atom. The first-order valence-corrected chi connectivity index (χ1v) is 8.68. The maximum Gasteiger partial charge on any atom is 0.248 e. The maximum atomic E-state index is 13.7. The molecule has 0 radical (unpaired) electrons. The Kier molecular flexibility index (Phi) is 4.52. The molecule has 3 N–H and O–H groups in total. The topological polar surface area (TPSA) is 95.1 Å². The Hall–Kier alpha value is -3.68. The quantitative estimate of drug-likeness (QED) is 0.711. The Balaban J connectivity index is 1.60. The molecule has 4 rings (SSSR count). The number of aromatic nitrogens is 3. The van der Waals surface area contributed by atoms with Crippen molar-refractivity contribution in [2.75, 3.05) is 5.32 Å². The standard InChI is InChI=1S/C20H18FN5O2/c1-12-17(19(22)27)18(26-20(25-12)23-11-24-26)13-6-8-15(9-7-13)28-10-14-4-2-3-5-16(14)21/h2-9,11,18H,10H2,1H3,(H2,22,27)(H,23,24,25). The number of carbonyl (C=O) groups is 1. The minimum absolute atomic E-state index is 0.123. The Morgan fingerprint density at radius 3 is 2.71 bits per heavy atom. The molecule has 0 bridgehead atoms. The van der Waals surface area contributed by atoms with E-state index in [1.54, 1.807) is 41.9 Å². The zero-order chi connectivity index (χ0) is 19.7. The molecule has 1 atom stereocenters. The zero-order valence-electron chi connectivity index (χ0n) is 15.1. The van der Waals surface area contributed by atoms with Gasteiger partial charge in [-0.1, -0.05) is 30.3 Å². The predicted octanol–water partition coefficient (Wildman–Crippen LogP) is 2.77. The lowest BCUT2D eigenvalue weighted by atomic mass is 9.95. The third kappa shape index (κ3) is 3.20. The van der Waals surface area contributed by atoms with Crippen LogP contribution in [-0.2, 0) is 11.4 Å². The second-order valence-electron chi connectivity index (χ2n) is 6.41. The lowest BCUT2D eigenvalue weighted by Gasteiger charge is -2.27. The second kappa shape index (κ2) is 7.15. The number of rotatable bonds is 5. The van der Waals surface area contributed by atoms with Crippen LogP contribution in [0.2, 0.25) is 0 Å². The molecule has 142 valence electrons. The first-order chi connectivity index (χ1) is 13.5. The Morgan fingerprint density at radius 2 is 2.00 bits per heavy atom. The molecule has 7 nitrogen and oxygen atoms in total. The number of amides is 1. The van der Waals surface area contributed by atoms with Crippen molar-refractivity contribution in [3.63, 3.8) is 0 Å². The van der Waals surface area contributed by atoms with E-state index in [2.05, 4.69) is 15.4 Å². The number of nitrogens with one attached hydrogen (secondary N) is 1. The van der Waals surface area contributed by atoms with E-state index in [0.717, 1.165) is 5.56 Å². The van der Waals surface area contributed by atoms with Gasteiger partial charge in [0.2, 0.25) is 11.9 Å². The number of ether oxygens (including phenoxy) is 1. The lowest BCUT2D eigenvalue weighted by Crippen LogP contribution is -2.31. The van der Waals surface area contributed by atoms with Crippen molar-refractivity contribution < 1.29 is 13.9 Å². The number of benzene rings is 2. The maximum absolute atomic E-state index is 13.7. The fourth-order valence-corrected chi connectivity index (χ4v) is 3.24. The number of nitrogens with two attached hydrogens (primary N) is 1. The van der Waals surface area contributed by atoms with Crippen LogP contribution < -0.4 is 15.8 Å². The molecule has 1 aliphatic heterocycles. The number of hydrogen-bond donors (Lipinski definition) is 2. The van der Waals surface area contributed by atoms with E-state index in [1.165, 1.54) is 12.4 Å². The molecule has 8 heteroatoms. The molecule has 1 aromatic heterocycles. The van der Waals surface area contributed by atoms with Crippen LogP contribution in [0.3, 0.4) is 0 Å². The number of anilines is 1. The van der Waals surface area contributed by atoms with Gasteiger partial charge in [-0.2, -0.15) is 10.1 Å². The van der Waals surface area contributed by atoms with Gasteiger partial charge >= 0.3 is 0 Å². The van der Waals surface area contributed by atoms with Crippen molar-refractivity contribution in [2.45, 2.75) is 19.6 Å². The van der Waals surface area contributed by atoms with Gasteiger partial charge in [0.05, 0.1) is 5.57 Å². The molecule has 28 heavy (non-hydrogen) atoms. The summed E-state index contributed by atoms with van der Waals surface area (Å²) in [7, 11) is 0. The average molecular weight is 379 g/mol. The summed E-state index contributed by atoms with van der Waals surface area (Å²) in [6.45, 7) is 1.90. The van der Waals surface area contributed by atoms with Crippen molar-refractivity contribution >= 4 is 11.9 Å². The zero-order valence-corrected chi connectivity index (χ0v) is 15.1. The normalized spacial score (nSPS) is 15.7. The smallest absolute Gasteiger partial charge is 0.248 e. The van der Waals surface area contributed by atoms with Gasteiger partial charge in [0.1, 0.15) is 30.5 Å². The van der Waals surface area contributed by atoms with Crippen LogP contribution in [0.4, 0.5) is 10.3 Å². The van der Waals surface area contributed by atoms with E-state index in [4.69, 9.17) is 10.5 Å². The second-order valence-corrected chi connectivity index (χ2v) is 6.41. The first kappa shape index (κ1) is 17.7. The highest BCUT2D eigenvalue weighted by molar-refractivity contribution is 5.95. The summed E-state index contributed by atoms with van der Waals surface area (Å²) >= 11 is 0. The van der Waals surface area contributed by atoms with Gasteiger partial charge < -0.3 is 15.8 Å². The van der Waals surface area contributed by atoms with Crippen LogP contribution in [-0.4, -0.2) is 20.7 Å². The molecule has 0 saturated heterocycles. The van der Waals surface area contributed by atoms with E-state index in [1.807, 2.05) is 12.1 Å². The van der Waals surface area contributed by atoms with E-state index in [9.17, 15) is 9.18 Å². The minimum atomic E-state index is -0.531. The van der Waals surface area contributed by atoms with Crippen molar-refractivity contribution in [1.29, 1.82) is 0 Å².